The van der Waals surface area contributed by atoms with Gasteiger partial charge in [-0.3, -0.25) is 0 Å². The van der Waals surface area contributed by atoms with Gasteiger partial charge in [-0.25, -0.2) is 4.79 Å². The highest BCUT2D eigenvalue weighted by Gasteiger charge is 2.00. The summed E-state index contributed by atoms with van der Waals surface area (Å²) in [6.07, 6.45) is 2.91. The third kappa shape index (κ3) is 4.30. The Balaban J connectivity index is 2.54. The van der Waals surface area contributed by atoms with Gasteiger partial charge in [0.25, 0.3) is 0 Å². The van der Waals surface area contributed by atoms with Gasteiger partial charge in [0, 0.05) is 6.08 Å². The zero-order chi connectivity index (χ0) is 13.4. The van der Waals surface area contributed by atoms with Gasteiger partial charge < -0.3 is 9.47 Å². The van der Waals surface area contributed by atoms with Gasteiger partial charge in [-0.1, -0.05) is 6.07 Å². The molecule has 0 amide bonds. The summed E-state index contributed by atoms with van der Waals surface area (Å²) < 4.78 is 10.2. The molecule has 94 valence electrons. The van der Waals surface area contributed by atoms with Gasteiger partial charge in [0.15, 0.2) is 0 Å². The van der Waals surface area contributed by atoms with Gasteiger partial charge in [0.2, 0.25) is 0 Å². The normalized spacial score (nSPS) is 10.1. The quantitative estimate of drug-likeness (QED) is 0.590. The molecule has 0 aromatic heterocycles. The van der Waals surface area contributed by atoms with Crippen LogP contribution in [0, 0.1) is 18.3 Å². The van der Waals surface area contributed by atoms with Crippen LogP contribution in [0.25, 0.3) is 0 Å². The summed E-state index contributed by atoms with van der Waals surface area (Å²) in [4.78, 5) is 11.0. The van der Waals surface area contributed by atoms with Crippen molar-refractivity contribution in [2.75, 3.05) is 13.2 Å². The minimum Gasteiger partial charge on any atom is -0.489 e. The first-order valence-corrected chi connectivity index (χ1v) is 5.64. The van der Waals surface area contributed by atoms with Gasteiger partial charge in [-0.05, 0) is 37.6 Å². The Morgan fingerprint density at radius 3 is 2.94 bits per heavy atom. The molecule has 1 aromatic carbocycles. The Morgan fingerprint density at radius 1 is 1.50 bits per heavy atom. The van der Waals surface area contributed by atoms with Crippen molar-refractivity contribution in [3.8, 4) is 11.8 Å². The van der Waals surface area contributed by atoms with Crippen molar-refractivity contribution in [2.24, 2.45) is 0 Å². The van der Waals surface area contributed by atoms with Crippen molar-refractivity contribution in [2.45, 2.75) is 13.8 Å². The van der Waals surface area contributed by atoms with E-state index in [2.05, 4.69) is 0 Å². The fourth-order valence-electron chi connectivity index (χ4n) is 1.30. The Labute approximate surface area is 106 Å². The van der Waals surface area contributed by atoms with E-state index in [1.807, 2.05) is 19.1 Å². The number of rotatable bonds is 5. The average molecular weight is 245 g/mol. The van der Waals surface area contributed by atoms with Crippen LogP contribution in [0.5, 0.6) is 5.75 Å². The SMILES string of the molecule is CCOC(=O)/C=C/COc1cc(C#N)ccc1C. The fraction of sp³-hybridized carbons (Fsp3) is 0.286. The molecule has 0 atom stereocenters. The van der Waals surface area contributed by atoms with Crippen molar-refractivity contribution in [3.63, 3.8) is 0 Å². The van der Waals surface area contributed by atoms with Crippen LogP contribution in [0.15, 0.2) is 30.4 Å². The maximum atomic E-state index is 11.0. The van der Waals surface area contributed by atoms with E-state index in [0.29, 0.717) is 17.9 Å². The maximum absolute atomic E-state index is 11.0. The van der Waals surface area contributed by atoms with Crippen LogP contribution >= 0.6 is 0 Å². The highest BCUT2D eigenvalue weighted by atomic mass is 16.5. The molecule has 0 saturated carbocycles. The number of carbonyl (C=O) groups excluding carboxylic acids is 1. The lowest BCUT2D eigenvalue weighted by molar-refractivity contribution is -0.137. The minimum atomic E-state index is -0.386. The molecule has 4 nitrogen and oxygen atoms in total. The number of carbonyl (C=O) groups is 1. The molecule has 0 unspecified atom stereocenters. The molecule has 0 spiro atoms. The van der Waals surface area contributed by atoms with Crippen LogP contribution in [0.3, 0.4) is 0 Å². The summed E-state index contributed by atoms with van der Waals surface area (Å²) in [7, 11) is 0. The van der Waals surface area contributed by atoms with Crippen LogP contribution in [0.2, 0.25) is 0 Å². The number of benzene rings is 1. The number of aryl methyl sites for hydroxylation is 1. The second-order valence-corrected chi connectivity index (χ2v) is 3.56. The molecule has 0 aliphatic heterocycles. The standard InChI is InChI=1S/C14H15NO3/c1-3-17-14(16)5-4-8-18-13-9-12(10-15)7-6-11(13)2/h4-7,9H,3,8H2,1-2H3/b5-4+. The van der Waals surface area contributed by atoms with E-state index >= 15 is 0 Å². The number of hydrogen-bond acceptors (Lipinski definition) is 4. The van der Waals surface area contributed by atoms with Crippen LogP contribution < -0.4 is 4.74 Å². The van der Waals surface area contributed by atoms with Crippen LogP contribution in [0.1, 0.15) is 18.1 Å². The number of ether oxygens (including phenoxy) is 2. The van der Waals surface area contributed by atoms with E-state index in [9.17, 15) is 4.79 Å². The molecule has 4 heteroatoms. The Kier molecular flexibility index (Phi) is 5.46. The third-order valence-corrected chi connectivity index (χ3v) is 2.19. The van der Waals surface area contributed by atoms with E-state index < -0.39 is 0 Å². The van der Waals surface area contributed by atoms with Crippen molar-refractivity contribution in [3.05, 3.63) is 41.5 Å². The van der Waals surface area contributed by atoms with E-state index in [0.717, 1.165) is 5.56 Å². The molecular weight excluding hydrogens is 230 g/mol. The second kappa shape index (κ2) is 7.13. The molecule has 0 heterocycles. The summed E-state index contributed by atoms with van der Waals surface area (Å²) in [5.41, 5.74) is 1.49. The average Bonchev–Trinajstić information content (AvgIpc) is 2.37. The topological polar surface area (TPSA) is 59.3 Å². The highest BCUT2D eigenvalue weighted by Crippen LogP contribution is 2.18. The summed E-state index contributed by atoms with van der Waals surface area (Å²) in [6.45, 7) is 4.26. The molecule has 0 N–H and O–H groups in total. The van der Waals surface area contributed by atoms with Gasteiger partial charge in [0.05, 0.1) is 18.2 Å². The molecule has 0 aliphatic carbocycles. The van der Waals surface area contributed by atoms with E-state index in [1.54, 1.807) is 25.1 Å². The van der Waals surface area contributed by atoms with Crippen molar-refractivity contribution < 1.29 is 14.3 Å². The summed E-state index contributed by atoms with van der Waals surface area (Å²) in [5, 5.41) is 8.78. The first-order valence-electron chi connectivity index (χ1n) is 5.64. The lowest BCUT2D eigenvalue weighted by atomic mass is 10.1. The number of nitrogens with zero attached hydrogens (tertiary/aromatic N) is 1. The fourth-order valence-corrected chi connectivity index (χ4v) is 1.30. The van der Waals surface area contributed by atoms with Crippen LogP contribution in [-0.4, -0.2) is 19.2 Å². The van der Waals surface area contributed by atoms with Gasteiger partial charge >= 0.3 is 5.97 Å². The highest BCUT2D eigenvalue weighted by molar-refractivity contribution is 5.81. The number of hydrogen-bond donors (Lipinski definition) is 0. The third-order valence-electron chi connectivity index (χ3n) is 2.19. The molecule has 0 radical (unpaired) electrons. The van der Waals surface area contributed by atoms with Gasteiger partial charge in [-0.15, -0.1) is 0 Å². The lowest BCUT2D eigenvalue weighted by Crippen LogP contribution is -2.01. The van der Waals surface area contributed by atoms with Gasteiger partial charge in [0.1, 0.15) is 12.4 Å². The van der Waals surface area contributed by atoms with Crippen LogP contribution in [-0.2, 0) is 9.53 Å². The first-order chi connectivity index (χ1) is 8.67. The maximum Gasteiger partial charge on any atom is 0.330 e. The predicted octanol–water partition coefficient (Wildman–Crippen LogP) is 2.36. The largest absolute Gasteiger partial charge is 0.489 e. The molecule has 18 heavy (non-hydrogen) atoms. The van der Waals surface area contributed by atoms with E-state index in [1.165, 1.54) is 6.08 Å². The molecule has 0 fully saturated rings. The molecule has 0 aliphatic rings. The van der Waals surface area contributed by atoms with Crippen LogP contribution in [0.4, 0.5) is 0 Å². The lowest BCUT2D eigenvalue weighted by Gasteiger charge is -2.06. The zero-order valence-electron chi connectivity index (χ0n) is 10.5. The first kappa shape index (κ1) is 13.8. The molecule has 1 rings (SSSR count). The minimum absolute atomic E-state index is 0.258. The Bertz CT molecular complexity index is 486. The Hall–Kier alpha value is -2.28. The second-order valence-electron chi connectivity index (χ2n) is 3.56. The van der Waals surface area contributed by atoms with E-state index in [4.69, 9.17) is 14.7 Å². The number of esters is 1. The molecule has 0 bridgehead atoms. The van der Waals surface area contributed by atoms with E-state index in [-0.39, 0.29) is 12.6 Å². The summed E-state index contributed by atoms with van der Waals surface area (Å²) in [6, 6.07) is 7.28. The molecular formula is C14H15NO3. The summed E-state index contributed by atoms with van der Waals surface area (Å²) >= 11 is 0. The van der Waals surface area contributed by atoms with Crippen molar-refractivity contribution in [1.82, 2.24) is 0 Å². The smallest absolute Gasteiger partial charge is 0.330 e. The Morgan fingerprint density at radius 2 is 2.28 bits per heavy atom. The van der Waals surface area contributed by atoms with Crippen molar-refractivity contribution >= 4 is 5.97 Å². The predicted molar refractivity (Wildman–Crippen MR) is 67.2 cm³/mol. The van der Waals surface area contributed by atoms with Crippen molar-refractivity contribution in [1.29, 1.82) is 5.26 Å². The molecule has 1 aromatic rings. The number of nitriles is 1. The van der Waals surface area contributed by atoms with Gasteiger partial charge in [-0.2, -0.15) is 5.26 Å². The molecule has 0 saturated heterocycles. The monoisotopic (exact) mass is 245 g/mol. The zero-order valence-corrected chi connectivity index (χ0v) is 10.5. The summed E-state index contributed by atoms with van der Waals surface area (Å²) in [5.74, 6) is 0.256.